The standard InChI is InChI=1S/C11H23N2O4PSi/c1-15-18(14,16-2)11-6-7-13(12-11)10-17-8-9-19(3,4)5/h6-7H,8-10H2,1-5H3. The SMILES string of the molecule is COP(=O)(OC)c1ccn(COCC[Si](C)(C)C)n1. The van der Waals surface area contributed by atoms with Gasteiger partial charge in [-0.1, -0.05) is 19.6 Å². The van der Waals surface area contributed by atoms with Crippen molar-refractivity contribution in [3.8, 4) is 0 Å². The molecule has 1 aromatic heterocycles. The minimum absolute atomic E-state index is 0.297. The predicted octanol–water partition coefficient (Wildman–Crippen LogP) is 2.31. The third kappa shape index (κ3) is 5.20. The van der Waals surface area contributed by atoms with Gasteiger partial charge in [0.15, 0.2) is 5.44 Å². The first-order valence-corrected chi connectivity index (χ1v) is 11.4. The Bertz CT molecular complexity index is 436. The first-order chi connectivity index (χ1) is 8.80. The van der Waals surface area contributed by atoms with Crippen molar-refractivity contribution in [2.45, 2.75) is 32.4 Å². The second kappa shape index (κ2) is 6.81. The largest absolute Gasteiger partial charge is 0.380 e. The average Bonchev–Trinajstić information content (AvgIpc) is 2.82. The topological polar surface area (TPSA) is 62.6 Å². The van der Waals surface area contributed by atoms with Crippen LogP contribution in [0.3, 0.4) is 0 Å². The van der Waals surface area contributed by atoms with Crippen LogP contribution in [0.1, 0.15) is 0 Å². The van der Waals surface area contributed by atoms with Crippen molar-refractivity contribution >= 4 is 21.1 Å². The highest BCUT2D eigenvalue weighted by molar-refractivity contribution is 7.61. The minimum atomic E-state index is -3.26. The van der Waals surface area contributed by atoms with Gasteiger partial charge in [-0.05, 0) is 12.1 Å². The van der Waals surface area contributed by atoms with Crippen molar-refractivity contribution in [1.82, 2.24) is 9.78 Å². The Labute approximate surface area is 115 Å². The van der Waals surface area contributed by atoms with Gasteiger partial charge in [-0.3, -0.25) is 4.57 Å². The van der Waals surface area contributed by atoms with Crippen molar-refractivity contribution in [2.75, 3.05) is 20.8 Å². The van der Waals surface area contributed by atoms with E-state index in [9.17, 15) is 4.57 Å². The molecule has 1 heterocycles. The van der Waals surface area contributed by atoms with Crippen LogP contribution in [0.5, 0.6) is 0 Å². The van der Waals surface area contributed by atoms with Crippen molar-refractivity contribution in [2.24, 2.45) is 0 Å². The Balaban J connectivity index is 2.50. The van der Waals surface area contributed by atoms with Crippen molar-refractivity contribution in [3.05, 3.63) is 12.3 Å². The number of rotatable bonds is 8. The zero-order valence-electron chi connectivity index (χ0n) is 12.3. The number of ether oxygens (including phenoxy) is 1. The molecule has 6 nitrogen and oxygen atoms in total. The molecule has 1 rings (SSSR count). The summed E-state index contributed by atoms with van der Waals surface area (Å²) in [5.74, 6) is 0. The van der Waals surface area contributed by atoms with E-state index in [0.717, 1.165) is 12.7 Å². The molecule has 0 bridgehead atoms. The number of hydrogen-bond acceptors (Lipinski definition) is 5. The van der Waals surface area contributed by atoms with Crippen LogP contribution in [0, 0.1) is 0 Å². The van der Waals surface area contributed by atoms with Gasteiger partial charge in [0.25, 0.3) is 0 Å². The van der Waals surface area contributed by atoms with Crippen molar-refractivity contribution in [1.29, 1.82) is 0 Å². The smallest absolute Gasteiger partial charge is 0.360 e. The zero-order valence-corrected chi connectivity index (χ0v) is 14.1. The lowest BCUT2D eigenvalue weighted by Crippen LogP contribution is -2.22. The first-order valence-electron chi connectivity index (χ1n) is 6.14. The van der Waals surface area contributed by atoms with Crippen molar-refractivity contribution < 1.29 is 18.3 Å². The number of nitrogens with zero attached hydrogens (tertiary/aromatic N) is 2. The lowest BCUT2D eigenvalue weighted by atomic mass is 10.7. The Kier molecular flexibility index (Phi) is 5.95. The van der Waals surface area contributed by atoms with Crippen LogP contribution >= 0.6 is 7.60 Å². The molecule has 8 heteroatoms. The van der Waals surface area contributed by atoms with E-state index in [-0.39, 0.29) is 0 Å². The molecule has 0 saturated heterocycles. The molecule has 0 radical (unpaired) electrons. The average molecular weight is 306 g/mol. The Morgan fingerprint density at radius 3 is 2.47 bits per heavy atom. The summed E-state index contributed by atoms with van der Waals surface area (Å²) in [5, 5.41) is 4.15. The molecule has 0 unspecified atom stereocenters. The molecule has 0 aliphatic rings. The molecule has 0 spiro atoms. The molecule has 110 valence electrons. The lowest BCUT2D eigenvalue weighted by Gasteiger charge is -2.15. The normalized spacial score (nSPS) is 12.9. The summed E-state index contributed by atoms with van der Waals surface area (Å²) in [6.07, 6.45) is 1.70. The summed E-state index contributed by atoms with van der Waals surface area (Å²) < 4.78 is 29.0. The molecule has 19 heavy (non-hydrogen) atoms. The molecule has 1 aromatic rings. The molecule has 0 N–H and O–H groups in total. The van der Waals surface area contributed by atoms with Crippen LogP contribution in [0.15, 0.2) is 12.3 Å². The number of hydrogen-bond donors (Lipinski definition) is 0. The molecule has 0 aliphatic carbocycles. The summed E-state index contributed by atoms with van der Waals surface area (Å²) in [4.78, 5) is 0. The highest BCUT2D eigenvalue weighted by Crippen LogP contribution is 2.44. The van der Waals surface area contributed by atoms with Gasteiger partial charge in [0.05, 0.1) is 0 Å². The van der Waals surface area contributed by atoms with Crippen LogP contribution in [0.2, 0.25) is 25.7 Å². The van der Waals surface area contributed by atoms with E-state index in [1.54, 1.807) is 16.9 Å². The summed E-state index contributed by atoms with van der Waals surface area (Å²) in [6, 6.07) is 2.73. The van der Waals surface area contributed by atoms with Gasteiger partial charge < -0.3 is 13.8 Å². The maximum absolute atomic E-state index is 12.1. The summed E-state index contributed by atoms with van der Waals surface area (Å²) in [7, 11) is -1.65. The monoisotopic (exact) mass is 306 g/mol. The Morgan fingerprint density at radius 1 is 1.32 bits per heavy atom. The fourth-order valence-corrected chi connectivity index (χ4v) is 3.12. The Morgan fingerprint density at radius 2 is 1.95 bits per heavy atom. The van der Waals surface area contributed by atoms with E-state index in [1.807, 2.05) is 0 Å². The third-order valence-corrected chi connectivity index (χ3v) is 6.07. The molecule has 0 amide bonds. The van der Waals surface area contributed by atoms with Gasteiger partial charge in [0.2, 0.25) is 0 Å². The van der Waals surface area contributed by atoms with E-state index < -0.39 is 15.7 Å². The van der Waals surface area contributed by atoms with E-state index in [4.69, 9.17) is 13.8 Å². The van der Waals surface area contributed by atoms with Crippen LogP contribution < -0.4 is 5.44 Å². The molecule has 0 aliphatic heterocycles. The van der Waals surface area contributed by atoms with Gasteiger partial charge >= 0.3 is 7.60 Å². The van der Waals surface area contributed by atoms with E-state index in [0.29, 0.717) is 12.2 Å². The Hall–Kier alpha value is -0.463. The van der Waals surface area contributed by atoms with Crippen molar-refractivity contribution in [3.63, 3.8) is 0 Å². The number of aromatic nitrogens is 2. The minimum Gasteiger partial charge on any atom is -0.360 e. The van der Waals surface area contributed by atoms with Crippen LogP contribution in [0.4, 0.5) is 0 Å². The second-order valence-electron chi connectivity index (χ2n) is 5.42. The lowest BCUT2D eigenvalue weighted by molar-refractivity contribution is 0.0788. The predicted molar refractivity (Wildman–Crippen MR) is 77.6 cm³/mol. The highest BCUT2D eigenvalue weighted by atomic mass is 31.2. The maximum atomic E-state index is 12.1. The van der Waals surface area contributed by atoms with Gasteiger partial charge in [-0.25, -0.2) is 4.68 Å². The molecule has 0 aromatic carbocycles. The molecule has 0 saturated carbocycles. The second-order valence-corrected chi connectivity index (χ2v) is 13.2. The molecule has 0 fully saturated rings. The highest BCUT2D eigenvalue weighted by Gasteiger charge is 2.27. The van der Waals surface area contributed by atoms with E-state index in [2.05, 4.69) is 24.7 Å². The van der Waals surface area contributed by atoms with Crippen LogP contribution in [-0.2, 0) is 25.1 Å². The van der Waals surface area contributed by atoms with E-state index >= 15 is 0 Å². The summed E-state index contributed by atoms with van der Waals surface area (Å²) in [6.45, 7) is 7.97. The maximum Gasteiger partial charge on any atom is 0.380 e. The van der Waals surface area contributed by atoms with Crippen LogP contribution in [0.25, 0.3) is 0 Å². The van der Waals surface area contributed by atoms with Gasteiger partial charge in [0.1, 0.15) is 6.73 Å². The quantitative estimate of drug-likeness (QED) is 0.419. The molecule has 0 atom stereocenters. The summed E-state index contributed by atoms with van der Waals surface area (Å²) in [5.41, 5.74) is 0.297. The van der Waals surface area contributed by atoms with E-state index in [1.165, 1.54) is 14.2 Å². The molecular formula is C11H23N2O4PSi. The fraction of sp³-hybridized carbons (Fsp3) is 0.727. The molecular weight excluding hydrogens is 283 g/mol. The zero-order chi connectivity index (χ0) is 14.5. The van der Waals surface area contributed by atoms with Gasteiger partial charge in [-0.2, -0.15) is 5.10 Å². The third-order valence-electron chi connectivity index (χ3n) is 2.61. The van der Waals surface area contributed by atoms with Gasteiger partial charge in [0, 0.05) is 35.1 Å². The first kappa shape index (κ1) is 16.6. The van der Waals surface area contributed by atoms with Gasteiger partial charge in [-0.15, -0.1) is 0 Å². The van der Waals surface area contributed by atoms with Crippen LogP contribution in [-0.4, -0.2) is 38.7 Å². The fourth-order valence-electron chi connectivity index (χ4n) is 1.37. The summed E-state index contributed by atoms with van der Waals surface area (Å²) >= 11 is 0.